The number of ether oxygens (including phenoxy) is 1. The number of anilines is 1. The number of hydrogen-bond acceptors (Lipinski definition) is 5. The minimum atomic E-state index is -10.2. The molecule has 0 unspecified atom stereocenters. The van der Waals surface area contributed by atoms with Crippen LogP contribution in [0.1, 0.15) is 48.9 Å². The Hall–Kier alpha value is -2.15. The molecular weight excluding hydrogens is 519 g/mol. The van der Waals surface area contributed by atoms with Gasteiger partial charge in [-0.3, -0.25) is 9.52 Å². The molecule has 3 saturated carbocycles. The van der Waals surface area contributed by atoms with Crippen molar-refractivity contribution < 1.29 is 37.4 Å². The molecule has 5 rings (SSSR count). The summed E-state index contributed by atoms with van der Waals surface area (Å²) in [6.07, 6.45) is 2.69. The van der Waals surface area contributed by atoms with Crippen molar-refractivity contribution in [3.63, 3.8) is 0 Å². The van der Waals surface area contributed by atoms with E-state index in [1.807, 2.05) is 0 Å². The normalized spacial score (nSPS) is 29.5. The van der Waals surface area contributed by atoms with Crippen molar-refractivity contribution in [2.45, 2.75) is 49.0 Å². The Balaban J connectivity index is 1.68. The lowest BCUT2D eigenvalue weighted by atomic mass is 9.58. The van der Waals surface area contributed by atoms with Gasteiger partial charge in [-0.1, -0.05) is 19.4 Å². The highest BCUT2D eigenvalue weighted by atomic mass is 32.5. The van der Waals surface area contributed by atoms with Crippen LogP contribution in [0.2, 0.25) is 0 Å². The van der Waals surface area contributed by atoms with Crippen LogP contribution in [0.5, 0.6) is 0 Å². The smallest absolute Gasteiger partial charge is 0.310 e. The summed E-state index contributed by atoms with van der Waals surface area (Å²) in [4.78, 5) is 10.9. The van der Waals surface area contributed by atoms with Gasteiger partial charge in [0.25, 0.3) is 5.91 Å². The summed E-state index contributed by atoms with van der Waals surface area (Å²) in [7, 11) is -14.5. The predicted octanol–water partition coefficient (Wildman–Crippen LogP) is 4.68. The molecule has 35 heavy (non-hydrogen) atoms. The Morgan fingerprint density at radius 1 is 1.03 bits per heavy atom. The zero-order valence-electron chi connectivity index (χ0n) is 18.5. The number of hydrogen-bond donors (Lipinski definition) is 2. The monoisotopic (exact) mass is 544 g/mol. The minimum Gasteiger partial charge on any atom is -0.379 e. The molecule has 4 fully saturated rings. The summed E-state index contributed by atoms with van der Waals surface area (Å²) >= 11 is 0. The third kappa shape index (κ3) is 5.35. The molecule has 2 N–H and O–H groups in total. The fourth-order valence-corrected chi connectivity index (χ4v) is 6.76. The maximum atomic E-state index is 13.5. The lowest BCUT2D eigenvalue weighted by Crippen LogP contribution is -2.56. The van der Waals surface area contributed by atoms with Crippen LogP contribution in [-0.4, -0.2) is 50.5 Å². The van der Waals surface area contributed by atoms with Crippen molar-refractivity contribution in [2.75, 3.05) is 31.0 Å². The number of amides is 1. The van der Waals surface area contributed by atoms with E-state index in [1.165, 1.54) is 0 Å². The molecular formula is C20H25F5N4O4S2. The molecule has 0 aromatic heterocycles. The second-order valence-electron chi connectivity index (χ2n) is 9.42. The van der Waals surface area contributed by atoms with E-state index < -0.39 is 53.4 Å². The van der Waals surface area contributed by atoms with E-state index in [0.29, 0.717) is 44.6 Å². The van der Waals surface area contributed by atoms with E-state index >= 15 is 0 Å². The maximum absolute atomic E-state index is 13.5. The molecule has 8 nitrogen and oxygen atoms in total. The molecule has 1 aliphatic heterocycles. The highest BCUT2D eigenvalue weighted by Crippen LogP contribution is 3.02. The molecule has 0 radical (unpaired) electrons. The quantitative estimate of drug-likeness (QED) is 0.506. The van der Waals surface area contributed by atoms with Crippen LogP contribution in [0.4, 0.5) is 25.1 Å². The summed E-state index contributed by atoms with van der Waals surface area (Å²) in [6, 6.07) is 2.89. The van der Waals surface area contributed by atoms with Gasteiger partial charge < -0.3 is 10.1 Å². The van der Waals surface area contributed by atoms with Gasteiger partial charge in [-0.25, -0.2) is 0 Å². The van der Waals surface area contributed by atoms with E-state index in [-0.39, 0.29) is 38.4 Å². The molecule has 196 valence electrons. The maximum Gasteiger partial charge on any atom is 0.310 e. The fourth-order valence-electron chi connectivity index (χ4n) is 4.88. The van der Waals surface area contributed by atoms with Crippen molar-refractivity contribution in [1.82, 2.24) is 9.62 Å². The third-order valence-corrected chi connectivity index (χ3v) is 9.76. The number of carbonyl (C=O) groups excluding carboxylic acids is 1. The summed E-state index contributed by atoms with van der Waals surface area (Å²) in [5, 5.41) is 12.1. The first-order chi connectivity index (χ1) is 16.0. The van der Waals surface area contributed by atoms with Crippen LogP contribution < -0.4 is 10.0 Å². The lowest BCUT2D eigenvalue weighted by Gasteiger charge is -2.50. The van der Waals surface area contributed by atoms with E-state index in [2.05, 4.69) is 16.1 Å². The summed E-state index contributed by atoms with van der Waals surface area (Å²) in [6.45, 7) is 0.155. The molecule has 0 spiro atoms. The van der Waals surface area contributed by atoms with Crippen molar-refractivity contribution in [2.24, 2.45) is 5.41 Å². The average Bonchev–Trinajstić information content (AvgIpc) is 2.79. The number of nitrogens with zero attached hydrogens (tertiary/aromatic N) is 2. The second-order valence-corrected chi connectivity index (χ2v) is 13.5. The molecule has 0 atom stereocenters. The van der Waals surface area contributed by atoms with Crippen LogP contribution in [0, 0.1) is 16.7 Å². The number of nitrogens with one attached hydrogen (secondary N) is 2. The Morgan fingerprint density at radius 2 is 1.60 bits per heavy atom. The highest BCUT2D eigenvalue weighted by molar-refractivity contribution is 8.45. The van der Waals surface area contributed by atoms with Gasteiger partial charge in [-0.2, -0.15) is 18.0 Å². The molecule has 1 amide bonds. The molecule has 2 bridgehead atoms. The summed E-state index contributed by atoms with van der Waals surface area (Å²) in [5.41, 5.74) is -2.70. The van der Waals surface area contributed by atoms with Crippen molar-refractivity contribution in [3.8, 4) is 6.07 Å². The molecule has 1 aromatic carbocycles. The summed E-state index contributed by atoms with van der Waals surface area (Å²) in [5.74, 6) is -1.10. The topological polar surface area (TPSA) is 112 Å². The Labute approximate surface area is 199 Å². The Kier molecular flexibility index (Phi) is 5.68. The zero-order valence-corrected chi connectivity index (χ0v) is 20.2. The van der Waals surface area contributed by atoms with Crippen molar-refractivity contribution in [1.29, 1.82) is 5.26 Å². The largest absolute Gasteiger partial charge is 0.379 e. The first-order valence-corrected chi connectivity index (χ1v) is 14.3. The SMILES string of the molecule is N#CC12CCC(NC(=O)c3cc(S(F)(F)(F)(F)F)ccc3NS(=O)(=O)N3CCOCC3)(CC1)CC2. The second kappa shape index (κ2) is 7.67. The standard InChI is InChI=1S/C20H25F5N4O4S2/c21-35(22,23,24,25)15-1-2-17(28-34(31,32)29-9-11-33-12-10-29)16(13-15)18(30)27-20-6-3-19(14-26,4-7-20)5-8-20/h1-2,13,28H,3-12H2,(H,27,30). The van der Waals surface area contributed by atoms with Gasteiger partial charge in [-0.15, -0.1) is 0 Å². The van der Waals surface area contributed by atoms with Crippen LogP contribution in [0.3, 0.4) is 0 Å². The van der Waals surface area contributed by atoms with Gasteiger partial charge in [0.15, 0.2) is 0 Å². The van der Waals surface area contributed by atoms with Gasteiger partial charge in [0.1, 0.15) is 4.90 Å². The lowest BCUT2D eigenvalue weighted by molar-refractivity contribution is 0.0521. The minimum absolute atomic E-state index is 0.00404. The van der Waals surface area contributed by atoms with Crippen molar-refractivity contribution in [3.05, 3.63) is 23.8 Å². The first kappa shape index (κ1) is 25.9. The van der Waals surface area contributed by atoms with E-state index in [1.54, 1.807) is 0 Å². The Morgan fingerprint density at radius 3 is 2.11 bits per heavy atom. The van der Waals surface area contributed by atoms with Gasteiger partial charge in [0.05, 0.1) is 35.9 Å². The molecule has 1 aromatic rings. The number of nitriles is 1. The number of benzene rings is 1. The van der Waals surface area contributed by atoms with Crippen LogP contribution in [-0.2, 0) is 14.9 Å². The van der Waals surface area contributed by atoms with E-state index in [0.717, 1.165) is 4.31 Å². The first-order valence-electron chi connectivity index (χ1n) is 10.9. The zero-order chi connectivity index (χ0) is 25.8. The molecule has 4 aliphatic rings. The fraction of sp³-hybridized carbons (Fsp3) is 0.600. The van der Waals surface area contributed by atoms with Gasteiger partial charge in [0.2, 0.25) is 0 Å². The van der Waals surface area contributed by atoms with Gasteiger partial charge in [-0.05, 0) is 56.7 Å². The van der Waals surface area contributed by atoms with Crippen molar-refractivity contribution >= 4 is 32.0 Å². The number of carbonyl (C=O) groups is 1. The average molecular weight is 545 g/mol. The molecule has 1 heterocycles. The van der Waals surface area contributed by atoms with Gasteiger partial charge in [0, 0.05) is 18.6 Å². The Bertz CT molecular complexity index is 1170. The van der Waals surface area contributed by atoms with E-state index in [9.17, 15) is 37.9 Å². The molecule has 3 aliphatic carbocycles. The number of rotatable bonds is 6. The summed E-state index contributed by atoms with van der Waals surface area (Å²) < 4.78 is 101. The molecule has 1 saturated heterocycles. The van der Waals surface area contributed by atoms with Gasteiger partial charge >= 0.3 is 20.4 Å². The van der Waals surface area contributed by atoms with Crippen LogP contribution in [0.25, 0.3) is 0 Å². The predicted molar refractivity (Wildman–Crippen MR) is 119 cm³/mol. The number of fused-ring (bicyclic) bond motifs is 3. The number of halogens is 5. The molecule has 15 heteroatoms. The van der Waals surface area contributed by atoms with Crippen LogP contribution in [0.15, 0.2) is 23.1 Å². The highest BCUT2D eigenvalue weighted by Gasteiger charge is 2.65. The number of morpholine rings is 1. The van der Waals surface area contributed by atoms with Crippen LogP contribution >= 0.6 is 10.2 Å². The van der Waals surface area contributed by atoms with E-state index in [4.69, 9.17) is 4.74 Å². The third-order valence-electron chi connectivity index (χ3n) is 7.09.